The van der Waals surface area contributed by atoms with E-state index in [1.807, 2.05) is 13.8 Å². The average Bonchev–Trinajstić information content (AvgIpc) is 2.34. The molecule has 106 valence electrons. The third-order valence-electron chi connectivity index (χ3n) is 3.04. The van der Waals surface area contributed by atoms with E-state index >= 15 is 0 Å². The number of benzene rings is 1. The second kappa shape index (κ2) is 6.98. The predicted molar refractivity (Wildman–Crippen MR) is 79.0 cm³/mol. The largest absolute Gasteiger partial charge is 0.396 e. The van der Waals surface area contributed by atoms with Crippen molar-refractivity contribution in [1.82, 2.24) is 5.32 Å². The van der Waals surface area contributed by atoms with Gasteiger partial charge in [0.05, 0.1) is 10.7 Å². The van der Waals surface area contributed by atoms with E-state index in [1.165, 1.54) is 0 Å². The first kappa shape index (κ1) is 16.1. The molecule has 0 heterocycles. The van der Waals surface area contributed by atoms with Crippen LogP contribution in [0.5, 0.6) is 0 Å². The maximum absolute atomic E-state index is 11.9. The van der Waals surface area contributed by atoms with E-state index in [-0.39, 0.29) is 12.6 Å². The molecule has 0 saturated carbocycles. The van der Waals surface area contributed by atoms with E-state index in [4.69, 9.17) is 28.3 Å². The van der Waals surface area contributed by atoms with Gasteiger partial charge in [-0.2, -0.15) is 0 Å². The molecule has 0 fully saturated rings. The van der Waals surface area contributed by atoms with Crippen molar-refractivity contribution >= 4 is 34.9 Å². The summed E-state index contributed by atoms with van der Waals surface area (Å²) in [5.41, 5.74) is -0.00159. The lowest BCUT2D eigenvalue weighted by Crippen LogP contribution is -2.48. The van der Waals surface area contributed by atoms with Gasteiger partial charge in [-0.05, 0) is 38.0 Å². The molecule has 6 heteroatoms. The Morgan fingerprint density at radius 3 is 2.68 bits per heavy atom. The van der Waals surface area contributed by atoms with E-state index in [1.54, 1.807) is 18.2 Å². The third-order valence-corrected chi connectivity index (χ3v) is 3.60. The highest BCUT2D eigenvalue weighted by Crippen LogP contribution is 2.25. The van der Waals surface area contributed by atoms with E-state index in [0.717, 1.165) is 0 Å². The SMILES string of the molecule is CCC(C)(CCO)NC(=O)Nc1cc(Cl)ccc1Cl. The highest BCUT2D eigenvalue weighted by atomic mass is 35.5. The molecule has 1 rings (SSSR count). The zero-order chi connectivity index (χ0) is 14.5. The van der Waals surface area contributed by atoms with Gasteiger partial charge in [-0.15, -0.1) is 0 Å². The van der Waals surface area contributed by atoms with Gasteiger partial charge in [-0.3, -0.25) is 0 Å². The summed E-state index contributed by atoms with van der Waals surface area (Å²) in [7, 11) is 0. The molecule has 1 aromatic carbocycles. The average molecular weight is 305 g/mol. The first-order valence-electron chi connectivity index (χ1n) is 6.05. The Hall–Kier alpha value is -0.970. The monoisotopic (exact) mass is 304 g/mol. The molecule has 0 radical (unpaired) electrons. The van der Waals surface area contributed by atoms with Gasteiger partial charge in [0.15, 0.2) is 0 Å². The predicted octanol–water partition coefficient (Wildman–Crippen LogP) is 3.67. The van der Waals surface area contributed by atoms with Crippen molar-refractivity contribution in [2.75, 3.05) is 11.9 Å². The lowest BCUT2D eigenvalue weighted by Gasteiger charge is -2.29. The van der Waals surface area contributed by atoms with Crippen molar-refractivity contribution in [2.24, 2.45) is 0 Å². The summed E-state index contributed by atoms with van der Waals surface area (Å²) in [5, 5.41) is 15.4. The Balaban J connectivity index is 2.72. The fourth-order valence-electron chi connectivity index (χ4n) is 1.60. The molecule has 0 spiro atoms. The Morgan fingerprint density at radius 2 is 2.11 bits per heavy atom. The molecule has 0 bridgehead atoms. The Bertz CT molecular complexity index is 454. The maximum atomic E-state index is 11.9. The molecule has 1 atom stereocenters. The molecule has 0 aliphatic carbocycles. The molecule has 1 unspecified atom stereocenters. The quantitative estimate of drug-likeness (QED) is 0.777. The number of aliphatic hydroxyl groups is 1. The van der Waals surface area contributed by atoms with Crippen molar-refractivity contribution in [3.05, 3.63) is 28.2 Å². The number of aliphatic hydroxyl groups excluding tert-OH is 1. The normalized spacial score (nSPS) is 13.7. The van der Waals surface area contributed by atoms with Crippen LogP contribution in [0.3, 0.4) is 0 Å². The first-order valence-corrected chi connectivity index (χ1v) is 6.81. The van der Waals surface area contributed by atoms with Crippen LogP contribution >= 0.6 is 23.2 Å². The molecule has 0 saturated heterocycles. The molecule has 3 N–H and O–H groups in total. The number of rotatable bonds is 5. The van der Waals surface area contributed by atoms with Crippen LogP contribution in [0.25, 0.3) is 0 Å². The minimum atomic E-state index is -0.454. The summed E-state index contributed by atoms with van der Waals surface area (Å²) in [6.07, 6.45) is 1.20. The smallest absolute Gasteiger partial charge is 0.319 e. The molecular weight excluding hydrogens is 287 g/mol. The van der Waals surface area contributed by atoms with Crippen LogP contribution < -0.4 is 10.6 Å². The molecule has 0 aliphatic rings. The number of carbonyl (C=O) groups excluding carboxylic acids is 1. The van der Waals surface area contributed by atoms with Gasteiger partial charge in [0.1, 0.15) is 0 Å². The molecule has 0 aliphatic heterocycles. The van der Waals surface area contributed by atoms with Gasteiger partial charge in [-0.25, -0.2) is 4.79 Å². The van der Waals surface area contributed by atoms with Crippen molar-refractivity contribution in [3.63, 3.8) is 0 Å². The first-order chi connectivity index (χ1) is 8.90. The summed E-state index contributed by atoms with van der Waals surface area (Å²) in [4.78, 5) is 11.9. The molecule has 19 heavy (non-hydrogen) atoms. The Morgan fingerprint density at radius 1 is 1.42 bits per heavy atom. The van der Waals surface area contributed by atoms with Crippen molar-refractivity contribution < 1.29 is 9.90 Å². The van der Waals surface area contributed by atoms with Gasteiger partial charge in [-0.1, -0.05) is 30.1 Å². The van der Waals surface area contributed by atoms with Crippen LogP contribution in [-0.4, -0.2) is 23.3 Å². The highest BCUT2D eigenvalue weighted by Gasteiger charge is 2.23. The number of urea groups is 1. The lowest BCUT2D eigenvalue weighted by atomic mass is 9.95. The van der Waals surface area contributed by atoms with Crippen molar-refractivity contribution in [2.45, 2.75) is 32.2 Å². The zero-order valence-electron chi connectivity index (χ0n) is 11.0. The molecule has 1 aromatic rings. The van der Waals surface area contributed by atoms with E-state index in [9.17, 15) is 4.79 Å². The van der Waals surface area contributed by atoms with Crippen LogP contribution in [0.15, 0.2) is 18.2 Å². The standard InChI is InChI=1S/C13H18Cl2N2O2/c1-3-13(2,6-7-18)17-12(19)16-11-8-9(14)4-5-10(11)15/h4-5,8,18H,3,6-7H2,1-2H3,(H2,16,17,19). The van der Waals surface area contributed by atoms with E-state index < -0.39 is 5.54 Å². The second-order valence-corrected chi connectivity index (χ2v) is 5.43. The Labute approximate surface area is 123 Å². The van der Waals surface area contributed by atoms with Crippen LogP contribution in [0.1, 0.15) is 26.7 Å². The highest BCUT2D eigenvalue weighted by molar-refractivity contribution is 6.35. The fourth-order valence-corrected chi connectivity index (χ4v) is 1.93. The summed E-state index contributed by atoms with van der Waals surface area (Å²) in [6, 6.07) is 4.47. The third kappa shape index (κ3) is 4.90. The molecule has 0 aromatic heterocycles. The van der Waals surface area contributed by atoms with Gasteiger partial charge < -0.3 is 15.7 Å². The van der Waals surface area contributed by atoms with Crippen molar-refractivity contribution in [3.8, 4) is 0 Å². The number of amides is 2. The summed E-state index contributed by atoms with van der Waals surface area (Å²) in [5.74, 6) is 0. The Kier molecular flexibility index (Phi) is 5.91. The minimum Gasteiger partial charge on any atom is -0.396 e. The molecular formula is C13H18Cl2N2O2. The lowest BCUT2D eigenvalue weighted by molar-refractivity contribution is 0.208. The number of halogens is 2. The second-order valence-electron chi connectivity index (χ2n) is 4.59. The molecule has 2 amide bonds. The van der Waals surface area contributed by atoms with Crippen molar-refractivity contribution in [1.29, 1.82) is 0 Å². The van der Waals surface area contributed by atoms with Gasteiger partial charge in [0, 0.05) is 17.2 Å². The summed E-state index contributed by atoms with van der Waals surface area (Å²) >= 11 is 11.8. The number of nitrogens with one attached hydrogen (secondary N) is 2. The topological polar surface area (TPSA) is 61.4 Å². The van der Waals surface area contributed by atoms with Crippen LogP contribution in [0.4, 0.5) is 10.5 Å². The summed E-state index contributed by atoms with van der Waals surface area (Å²) < 4.78 is 0. The minimum absolute atomic E-state index is 0.0164. The van der Waals surface area contributed by atoms with Gasteiger partial charge in [0.2, 0.25) is 0 Å². The number of hydrogen-bond donors (Lipinski definition) is 3. The number of hydrogen-bond acceptors (Lipinski definition) is 2. The summed E-state index contributed by atoms with van der Waals surface area (Å²) in [6.45, 7) is 3.84. The van der Waals surface area contributed by atoms with Crippen LogP contribution in [-0.2, 0) is 0 Å². The number of anilines is 1. The van der Waals surface area contributed by atoms with Gasteiger partial charge in [0.25, 0.3) is 0 Å². The fraction of sp³-hybridized carbons (Fsp3) is 0.462. The van der Waals surface area contributed by atoms with Crippen LogP contribution in [0, 0.1) is 0 Å². The van der Waals surface area contributed by atoms with Gasteiger partial charge >= 0.3 is 6.03 Å². The number of carbonyl (C=O) groups is 1. The maximum Gasteiger partial charge on any atom is 0.319 e. The zero-order valence-corrected chi connectivity index (χ0v) is 12.5. The van der Waals surface area contributed by atoms with E-state index in [2.05, 4.69) is 10.6 Å². The van der Waals surface area contributed by atoms with Crippen LogP contribution in [0.2, 0.25) is 10.0 Å². The molecule has 4 nitrogen and oxygen atoms in total. The van der Waals surface area contributed by atoms with E-state index in [0.29, 0.717) is 28.6 Å².